The van der Waals surface area contributed by atoms with Gasteiger partial charge in [0.1, 0.15) is 40.4 Å². The van der Waals surface area contributed by atoms with Crippen LogP contribution >= 0.6 is 0 Å². The smallest absolute Gasteiger partial charge is 0.148 e. The Morgan fingerprint density at radius 2 is 2.06 bits per heavy atom. The SMILES string of the molecule is CC(=NC1CCNCC1)/C(=N\N)c1cc(OC(C)c2cn(C(C)C)nn2)c2c(C#N)cnn2c1. The number of nitrogens with two attached hydrogens (primary N) is 1. The van der Waals surface area contributed by atoms with E-state index in [0.717, 1.165) is 31.6 Å². The highest BCUT2D eigenvalue weighted by molar-refractivity contribution is 6.47. The summed E-state index contributed by atoms with van der Waals surface area (Å²) in [5.41, 5.74) is 3.67. The quantitative estimate of drug-likeness (QED) is 0.312. The van der Waals surface area contributed by atoms with E-state index in [2.05, 4.69) is 31.9 Å². The molecular weight excluding hydrogens is 432 g/mol. The Balaban J connectivity index is 1.71. The van der Waals surface area contributed by atoms with Crippen molar-refractivity contribution in [3.63, 3.8) is 0 Å². The average Bonchev–Trinajstić information content (AvgIpc) is 3.48. The topological polar surface area (TPSA) is 144 Å². The zero-order valence-electron chi connectivity index (χ0n) is 19.9. The minimum absolute atomic E-state index is 0.189. The van der Waals surface area contributed by atoms with Crippen LogP contribution in [0.3, 0.4) is 0 Å². The number of ether oxygens (including phenoxy) is 1. The van der Waals surface area contributed by atoms with Crippen LogP contribution in [0.2, 0.25) is 0 Å². The molecule has 1 aliphatic heterocycles. The minimum atomic E-state index is -0.407. The number of aliphatic imine (C=N–C) groups is 1. The van der Waals surface area contributed by atoms with E-state index in [1.165, 1.54) is 6.20 Å². The van der Waals surface area contributed by atoms with E-state index in [1.807, 2.05) is 40.0 Å². The van der Waals surface area contributed by atoms with Crippen LogP contribution in [0, 0.1) is 11.3 Å². The van der Waals surface area contributed by atoms with Crippen LogP contribution < -0.4 is 15.9 Å². The van der Waals surface area contributed by atoms with Crippen LogP contribution in [0.1, 0.15) is 69.5 Å². The van der Waals surface area contributed by atoms with Gasteiger partial charge in [0.25, 0.3) is 0 Å². The van der Waals surface area contributed by atoms with Crippen molar-refractivity contribution in [2.45, 2.75) is 58.7 Å². The van der Waals surface area contributed by atoms with Crippen LogP contribution in [0.25, 0.3) is 5.52 Å². The van der Waals surface area contributed by atoms with E-state index in [9.17, 15) is 5.26 Å². The van der Waals surface area contributed by atoms with Gasteiger partial charge < -0.3 is 15.9 Å². The van der Waals surface area contributed by atoms with Gasteiger partial charge in [-0.2, -0.15) is 15.5 Å². The summed E-state index contributed by atoms with van der Waals surface area (Å²) >= 11 is 0. The fourth-order valence-corrected chi connectivity index (χ4v) is 4.01. The first-order valence-electron chi connectivity index (χ1n) is 11.4. The Labute approximate surface area is 198 Å². The van der Waals surface area contributed by atoms with Gasteiger partial charge in [0.2, 0.25) is 0 Å². The van der Waals surface area contributed by atoms with Gasteiger partial charge in [-0.1, -0.05) is 5.21 Å². The Hall–Kier alpha value is -3.78. The molecule has 1 unspecified atom stereocenters. The molecule has 1 atom stereocenters. The second kappa shape index (κ2) is 10.0. The van der Waals surface area contributed by atoms with E-state index >= 15 is 0 Å². The predicted molar refractivity (Wildman–Crippen MR) is 129 cm³/mol. The number of rotatable bonds is 7. The number of pyridine rings is 1. The summed E-state index contributed by atoms with van der Waals surface area (Å²) in [7, 11) is 0. The number of piperidine rings is 1. The fourth-order valence-electron chi connectivity index (χ4n) is 4.01. The van der Waals surface area contributed by atoms with Crippen molar-refractivity contribution in [2.75, 3.05) is 13.1 Å². The number of hydrazone groups is 1. The largest absolute Gasteiger partial charge is 0.482 e. The van der Waals surface area contributed by atoms with Crippen LogP contribution in [0.4, 0.5) is 0 Å². The summed E-state index contributed by atoms with van der Waals surface area (Å²) in [4.78, 5) is 4.86. The lowest BCUT2D eigenvalue weighted by Gasteiger charge is -2.20. The lowest BCUT2D eigenvalue weighted by molar-refractivity contribution is 0.223. The monoisotopic (exact) mass is 462 g/mol. The van der Waals surface area contributed by atoms with Gasteiger partial charge in [0, 0.05) is 17.8 Å². The zero-order valence-corrected chi connectivity index (χ0v) is 19.9. The molecule has 3 aromatic rings. The minimum Gasteiger partial charge on any atom is -0.482 e. The average molecular weight is 463 g/mol. The first-order valence-corrected chi connectivity index (χ1v) is 11.4. The maximum Gasteiger partial charge on any atom is 0.148 e. The highest BCUT2D eigenvalue weighted by atomic mass is 16.5. The summed E-state index contributed by atoms with van der Waals surface area (Å²) in [5, 5.41) is 29.8. The first-order chi connectivity index (χ1) is 16.4. The molecule has 0 bridgehead atoms. The van der Waals surface area contributed by atoms with Gasteiger partial charge in [-0.15, -0.1) is 5.10 Å². The highest BCUT2D eigenvalue weighted by Crippen LogP contribution is 2.29. The molecule has 11 nitrogen and oxygen atoms in total. The molecule has 3 aromatic heterocycles. The van der Waals surface area contributed by atoms with Gasteiger partial charge in [-0.3, -0.25) is 4.99 Å². The van der Waals surface area contributed by atoms with Gasteiger partial charge in [-0.05, 0) is 59.7 Å². The second-order valence-corrected chi connectivity index (χ2v) is 8.71. The Morgan fingerprint density at radius 3 is 2.71 bits per heavy atom. The number of fused-ring (bicyclic) bond motifs is 1. The summed E-state index contributed by atoms with van der Waals surface area (Å²) in [6, 6.07) is 4.43. The summed E-state index contributed by atoms with van der Waals surface area (Å²) in [5.74, 6) is 6.29. The second-order valence-electron chi connectivity index (χ2n) is 8.71. The molecule has 0 aromatic carbocycles. The Kier molecular flexibility index (Phi) is 6.88. The van der Waals surface area contributed by atoms with Crippen molar-refractivity contribution in [1.82, 2.24) is 29.9 Å². The maximum atomic E-state index is 9.61. The maximum absolute atomic E-state index is 9.61. The molecule has 11 heteroatoms. The van der Waals surface area contributed by atoms with Gasteiger partial charge in [-0.25, -0.2) is 9.20 Å². The van der Waals surface area contributed by atoms with Gasteiger partial charge >= 0.3 is 0 Å². The molecule has 1 saturated heterocycles. The summed E-state index contributed by atoms with van der Waals surface area (Å²) < 4.78 is 9.69. The Morgan fingerprint density at radius 1 is 1.29 bits per heavy atom. The number of nitrogens with zero attached hydrogens (tertiary/aromatic N) is 8. The predicted octanol–water partition coefficient (Wildman–Crippen LogP) is 2.39. The van der Waals surface area contributed by atoms with E-state index in [1.54, 1.807) is 15.4 Å². The molecule has 34 heavy (non-hydrogen) atoms. The van der Waals surface area contributed by atoms with Crippen molar-refractivity contribution in [3.05, 3.63) is 41.5 Å². The zero-order chi connectivity index (χ0) is 24.2. The van der Waals surface area contributed by atoms with E-state index < -0.39 is 6.10 Å². The number of hydrogen-bond donors (Lipinski definition) is 2. The van der Waals surface area contributed by atoms with Crippen LogP contribution in [0.15, 0.2) is 34.8 Å². The van der Waals surface area contributed by atoms with Crippen molar-refractivity contribution < 1.29 is 4.74 Å². The molecule has 4 heterocycles. The Bertz CT molecular complexity index is 1260. The normalized spacial score (nSPS) is 16.7. The van der Waals surface area contributed by atoms with Crippen LogP contribution in [0.5, 0.6) is 5.75 Å². The number of aromatic nitrogens is 5. The van der Waals surface area contributed by atoms with Crippen molar-refractivity contribution in [1.29, 1.82) is 5.26 Å². The summed E-state index contributed by atoms with van der Waals surface area (Å²) in [6.45, 7) is 9.76. The van der Waals surface area contributed by atoms with E-state index in [-0.39, 0.29) is 12.1 Å². The third-order valence-corrected chi connectivity index (χ3v) is 5.90. The molecule has 0 saturated carbocycles. The third-order valence-electron chi connectivity index (χ3n) is 5.90. The number of nitrogens with one attached hydrogen (secondary N) is 1. The highest BCUT2D eigenvalue weighted by Gasteiger charge is 2.21. The van der Waals surface area contributed by atoms with E-state index in [4.69, 9.17) is 15.6 Å². The lowest BCUT2D eigenvalue weighted by atomic mass is 10.0. The van der Waals surface area contributed by atoms with Crippen LogP contribution in [-0.4, -0.2) is 55.2 Å². The molecule has 178 valence electrons. The summed E-state index contributed by atoms with van der Waals surface area (Å²) in [6.07, 6.45) is 6.71. The molecule has 0 amide bonds. The molecule has 0 aliphatic carbocycles. The molecule has 3 N–H and O–H groups in total. The first kappa shape index (κ1) is 23.4. The molecule has 0 spiro atoms. The standard InChI is InChI=1S/C23H30N10O/c1-14(2)32-13-20(30-31-32)16(4)34-21-9-17(12-33-23(21)18(10-24)11-27-33)22(29-25)15(3)28-19-5-7-26-8-6-19/h9,11-14,16,19,26H,5-8,25H2,1-4H3/b28-15?,29-22+. The number of nitriles is 1. The van der Waals surface area contributed by atoms with Crippen molar-refractivity contribution in [3.8, 4) is 11.8 Å². The molecule has 1 fully saturated rings. The van der Waals surface area contributed by atoms with Crippen molar-refractivity contribution in [2.24, 2.45) is 15.9 Å². The third kappa shape index (κ3) is 4.77. The van der Waals surface area contributed by atoms with E-state index in [0.29, 0.717) is 33.8 Å². The molecule has 4 rings (SSSR count). The molecule has 1 aliphatic rings. The van der Waals surface area contributed by atoms with Crippen molar-refractivity contribution >= 4 is 16.9 Å². The van der Waals surface area contributed by atoms with Crippen LogP contribution in [-0.2, 0) is 0 Å². The van der Waals surface area contributed by atoms with Gasteiger partial charge in [0.05, 0.1) is 24.1 Å². The van der Waals surface area contributed by atoms with Gasteiger partial charge in [0.15, 0.2) is 0 Å². The fraction of sp³-hybridized carbons (Fsp3) is 0.478. The number of hydrogen-bond acceptors (Lipinski definition) is 9. The lowest BCUT2D eigenvalue weighted by Crippen LogP contribution is -2.31. The molecule has 0 radical (unpaired) electrons. The molecular formula is C23H30N10O.